The molecular weight excluding hydrogens is 315 g/mol. The van der Waals surface area contributed by atoms with Crippen LogP contribution in [0.3, 0.4) is 0 Å². The Morgan fingerprint density at radius 3 is 2.70 bits per heavy atom. The first kappa shape index (κ1) is 14.6. The fourth-order valence-electron chi connectivity index (χ4n) is 3.62. The van der Waals surface area contributed by atoms with Crippen molar-refractivity contribution in [2.45, 2.75) is 31.6 Å². The molecule has 0 aliphatic heterocycles. The topological polar surface area (TPSA) is 42.0 Å². The molecule has 0 amide bonds. The van der Waals surface area contributed by atoms with Crippen LogP contribution in [0.4, 0.5) is 10.2 Å². The van der Waals surface area contributed by atoms with Gasteiger partial charge < -0.3 is 5.32 Å². The second kappa shape index (κ2) is 5.31. The molecule has 1 aliphatic carbocycles. The quantitative estimate of drug-likeness (QED) is 0.761. The fourth-order valence-corrected chi connectivity index (χ4v) is 4.02. The van der Waals surface area contributed by atoms with Crippen LogP contribution in [0.1, 0.15) is 37.2 Å². The number of anilines is 1. The molecule has 5 heteroatoms. The number of hydrogen-bond donors (Lipinski definition) is 1. The molecule has 0 unspecified atom stereocenters. The molecule has 0 radical (unpaired) electrons. The van der Waals surface area contributed by atoms with Crippen LogP contribution in [0.5, 0.6) is 0 Å². The summed E-state index contributed by atoms with van der Waals surface area (Å²) in [4.78, 5) is 15.9. The van der Waals surface area contributed by atoms with Crippen molar-refractivity contribution in [1.82, 2.24) is 4.98 Å². The third-order valence-electron chi connectivity index (χ3n) is 4.89. The number of aromatic nitrogens is 1. The highest BCUT2D eigenvalue weighted by Gasteiger charge is 2.27. The maximum Gasteiger partial charge on any atom is 0.197 e. The van der Waals surface area contributed by atoms with Crippen molar-refractivity contribution in [3.05, 3.63) is 45.0 Å². The Labute approximate surface area is 138 Å². The summed E-state index contributed by atoms with van der Waals surface area (Å²) in [5, 5.41) is 4.30. The van der Waals surface area contributed by atoms with Gasteiger partial charge in [-0.1, -0.05) is 30.5 Å². The first-order valence-electron chi connectivity index (χ1n) is 7.87. The Bertz CT molecular complexity index is 921. The van der Waals surface area contributed by atoms with Gasteiger partial charge in [0.1, 0.15) is 11.6 Å². The lowest BCUT2D eigenvalue weighted by atomic mass is 9.94. The molecular formula is C18H16ClFN2O. The third kappa shape index (κ3) is 2.16. The summed E-state index contributed by atoms with van der Waals surface area (Å²) in [5.74, 6) is 0.630. The van der Waals surface area contributed by atoms with Gasteiger partial charge in [-0.2, -0.15) is 0 Å². The number of halogens is 2. The number of fused-ring (bicyclic) bond motifs is 1. The van der Waals surface area contributed by atoms with E-state index in [1.807, 2.05) is 7.05 Å². The van der Waals surface area contributed by atoms with Gasteiger partial charge in [-0.25, -0.2) is 9.37 Å². The smallest absolute Gasteiger partial charge is 0.197 e. The first-order chi connectivity index (χ1) is 11.1. The zero-order valence-corrected chi connectivity index (χ0v) is 13.5. The molecule has 3 nitrogen and oxygen atoms in total. The van der Waals surface area contributed by atoms with Gasteiger partial charge in [0.25, 0.3) is 0 Å². The molecule has 2 aromatic carbocycles. The lowest BCUT2D eigenvalue weighted by molar-refractivity contribution is 0.644. The maximum absolute atomic E-state index is 14.5. The predicted octanol–water partition coefficient (Wildman–Crippen LogP) is 4.63. The standard InChI is InChI=1S/C18H16ClFN2O/c1-21-18-13(9-4-2-3-5-9)15(19)12(8-22-18)10-6-7-11-14(16(10)20)17(11)23/h6-9H,2-5H2,1H3,(H,21,22). The minimum atomic E-state index is -0.481. The van der Waals surface area contributed by atoms with Gasteiger partial charge in [0, 0.05) is 35.3 Å². The highest BCUT2D eigenvalue weighted by Crippen LogP contribution is 2.45. The first-order valence-corrected chi connectivity index (χ1v) is 8.25. The summed E-state index contributed by atoms with van der Waals surface area (Å²) in [5.41, 5.74) is 1.68. The van der Waals surface area contributed by atoms with Gasteiger partial charge in [0.05, 0.1) is 10.4 Å². The van der Waals surface area contributed by atoms with Crippen molar-refractivity contribution in [3.8, 4) is 11.1 Å². The van der Waals surface area contributed by atoms with Crippen LogP contribution < -0.4 is 10.7 Å². The van der Waals surface area contributed by atoms with E-state index in [4.69, 9.17) is 11.6 Å². The van der Waals surface area contributed by atoms with Gasteiger partial charge in [0.15, 0.2) is 5.43 Å². The molecule has 1 N–H and O–H groups in total. The largest absolute Gasteiger partial charge is 0.373 e. The van der Waals surface area contributed by atoms with E-state index in [9.17, 15) is 9.18 Å². The number of nitrogens with one attached hydrogen (secondary N) is 1. The van der Waals surface area contributed by atoms with E-state index in [1.54, 1.807) is 18.3 Å². The third-order valence-corrected chi connectivity index (χ3v) is 5.30. The Morgan fingerprint density at radius 1 is 1.26 bits per heavy atom. The summed E-state index contributed by atoms with van der Waals surface area (Å²) in [6.45, 7) is 0. The number of hydrogen-bond acceptors (Lipinski definition) is 3. The van der Waals surface area contributed by atoms with Crippen LogP contribution in [-0.4, -0.2) is 12.0 Å². The second-order valence-electron chi connectivity index (χ2n) is 6.16. The van der Waals surface area contributed by atoms with Crippen molar-refractivity contribution in [3.63, 3.8) is 0 Å². The van der Waals surface area contributed by atoms with Gasteiger partial charge in [-0.3, -0.25) is 4.79 Å². The molecule has 23 heavy (non-hydrogen) atoms. The molecule has 1 saturated carbocycles. The Kier molecular flexibility index (Phi) is 3.38. The van der Waals surface area contributed by atoms with Crippen molar-refractivity contribution in [2.24, 2.45) is 0 Å². The second-order valence-corrected chi connectivity index (χ2v) is 6.54. The van der Waals surface area contributed by atoms with Crippen LogP contribution >= 0.6 is 11.6 Å². The average molecular weight is 331 g/mol. The van der Waals surface area contributed by atoms with E-state index in [2.05, 4.69) is 10.3 Å². The predicted molar refractivity (Wildman–Crippen MR) is 91.5 cm³/mol. The number of rotatable bonds is 3. The van der Waals surface area contributed by atoms with Crippen molar-refractivity contribution < 1.29 is 4.39 Å². The number of pyridine rings is 1. The van der Waals surface area contributed by atoms with E-state index >= 15 is 0 Å². The fraction of sp³-hybridized carbons (Fsp3) is 0.333. The molecule has 1 aromatic heterocycles. The highest BCUT2D eigenvalue weighted by atomic mass is 35.5. The van der Waals surface area contributed by atoms with E-state index < -0.39 is 5.82 Å². The minimum absolute atomic E-state index is 0.193. The van der Waals surface area contributed by atoms with E-state index in [-0.39, 0.29) is 10.8 Å². The van der Waals surface area contributed by atoms with Crippen LogP contribution in [0.25, 0.3) is 21.9 Å². The van der Waals surface area contributed by atoms with Crippen molar-refractivity contribution >= 4 is 28.2 Å². The lowest BCUT2D eigenvalue weighted by Gasteiger charge is -2.18. The van der Waals surface area contributed by atoms with E-state index in [1.165, 1.54) is 12.8 Å². The van der Waals surface area contributed by atoms with Crippen LogP contribution in [0.15, 0.2) is 23.1 Å². The maximum atomic E-state index is 14.5. The summed E-state index contributed by atoms with van der Waals surface area (Å²) in [7, 11) is 1.82. The number of nitrogens with zero attached hydrogens (tertiary/aromatic N) is 1. The molecule has 1 fully saturated rings. The molecule has 4 rings (SSSR count). The minimum Gasteiger partial charge on any atom is -0.373 e. The van der Waals surface area contributed by atoms with Crippen LogP contribution in [0.2, 0.25) is 5.02 Å². The molecule has 0 bridgehead atoms. The lowest BCUT2D eigenvalue weighted by Crippen LogP contribution is -2.04. The number of benzene rings is 1. The summed E-state index contributed by atoms with van der Waals surface area (Å²) in [6.07, 6.45) is 6.09. The Morgan fingerprint density at radius 2 is 2.00 bits per heavy atom. The zero-order chi connectivity index (χ0) is 16.1. The van der Waals surface area contributed by atoms with Crippen LogP contribution in [0, 0.1) is 5.82 Å². The molecule has 0 saturated heterocycles. The monoisotopic (exact) mass is 330 g/mol. The molecule has 118 valence electrons. The molecule has 1 aliphatic rings. The molecule has 0 spiro atoms. The Hall–Kier alpha value is -1.94. The van der Waals surface area contributed by atoms with E-state index in [0.29, 0.717) is 27.5 Å². The summed E-state index contributed by atoms with van der Waals surface area (Å²) in [6, 6.07) is 3.28. The van der Waals surface area contributed by atoms with Gasteiger partial charge >= 0.3 is 0 Å². The van der Waals surface area contributed by atoms with Gasteiger partial charge in [-0.15, -0.1) is 0 Å². The molecule has 0 atom stereocenters. The van der Waals surface area contributed by atoms with Crippen molar-refractivity contribution in [2.75, 3.05) is 12.4 Å². The van der Waals surface area contributed by atoms with E-state index in [0.717, 1.165) is 24.2 Å². The zero-order valence-electron chi connectivity index (χ0n) is 12.7. The normalized spacial score (nSPS) is 15.8. The summed E-state index contributed by atoms with van der Waals surface area (Å²) < 4.78 is 14.5. The average Bonchev–Trinajstić information content (AvgIpc) is 2.98. The van der Waals surface area contributed by atoms with Crippen LogP contribution in [-0.2, 0) is 0 Å². The SMILES string of the molecule is CNc1ncc(-c2ccc3c(=O)c3c2F)c(Cl)c1C1CCCC1. The van der Waals surface area contributed by atoms with Gasteiger partial charge in [0.2, 0.25) is 0 Å². The molecule has 3 aromatic rings. The summed E-state index contributed by atoms with van der Waals surface area (Å²) >= 11 is 6.65. The molecule has 1 heterocycles. The van der Waals surface area contributed by atoms with Crippen molar-refractivity contribution in [1.29, 1.82) is 0 Å². The van der Waals surface area contributed by atoms with Gasteiger partial charge in [-0.05, 0) is 24.8 Å². The Balaban J connectivity index is 1.90. The highest BCUT2D eigenvalue weighted by molar-refractivity contribution is 6.34.